The van der Waals surface area contributed by atoms with Crippen molar-refractivity contribution < 1.29 is 9.90 Å². The summed E-state index contributed by atoms with van der Waals surface area (Å²) in [6.07, 6.45) is 0.745. The number of carbonyl (C=O) groups is 1. The molecule has 4 heteroatoms. The number of rotatable bonds is 2. The average molecular weight is 245 g/mol. The van der Waals surface area contributed by atoms with Gasteiger partial charge in [0, 0.05) is 28.6 Å². The van der Waals surface area contributed by atoms with E-state index in [9.17, 15) is 4.79 Å². The number of H-pyrrole nitrogens is 1. The van der Waals surface area contributed by atoms with E-state index < -0.39 is 5.97 Å². The minimum Gasteiger partial charge on any atom is -0.477 e. The number of aromatic amines is 1. The minimum atomic E-state index is -0.955. The molecule has 0 aliphatic heterocycles. The van der Waals surface area contributed by atoms with E-state index in [0.717, 1.165) is 28.6 Å². The van der Waals surface area contributed by atoms with Gasteiger partial charge in [0.15, 0.2) is 0 Å². The SMILES string of the molecule is O=C(O)c1cc2cc(C#CCCS)ccc2[nH]1. The zero-order valence-corrected chi connectivity index (χ0v) is 9.92. The maximum Gasteiger partial charge on any atom is 0.352 e. The molecule has 0 saturated heterocycles. The largest absolute Gasteiger partial charge is 0.477 e. The Morgan fingerprint density at radius 1 is 1.41 bits per heavy atom. The Morgan fingerprint density at radius 2 is 2.24 bits per heavy atom. The molecule has 2 N–H and O–H groups in total. The molecule has 0 aliphatic rings. The molecule has 1 heterocycles. The summed E-state index contributed by atoms with van der Waals surface area (Å²) >= 11 is 4.08. The van der Waals surface area contributed by atoms with Crippen molar-refractivity contribution in [1.29, 1.82) is 0 Å². The third-order valence-electron chi connectivity index (χ3n) is 2.32. The highest BCUT2D eigenvalue weighted by Crippen LogP contribution is 2.16. The van der Waals surface area contributed by atoms with Crippen molar-refractivity contribution in [2.24, 2.45) is 0 Å². The Morgan fingerprint density at radius 3 is 2.94 bits per heavy atom. The second-order valence-electron chi connectivity index (χ2n) is 3.57. The Labute approximate surface area is 104 Å². The molecule has 0 bridgehead atoms. The number of aromatic nitrogens is 1. The summed E-state index contributed by atoms with van der Waals surface area (Å²) in [6.45, 7) is 0. The third kappa shape index (κ3) is 2.63. The number of fused-ring (bicyclic) bond motifs is 1. The van der Waals surface area contributed by atoms with Crippen LogP contribution in [0, 0.1) is 11.8 Å². The molecule has 2 rings (SSSR count). The predicted molar refractivity (Wildman–Crippen MR) is 70.6 cm³/mol. The van der Waals surface area contributed by atoms with Gasteiger partial charge in [-0.15, -0.1) is 0 Å². The maximum atomic E-state index is 10.8. The fourth-order valence-corrected chi connectivity index (χ4v) is 1.66. The normalized spacial score (nSPS) is 9.94. The molecule has 1 aromatic heterocycles. The molecule has 0 saturated carbocycles. The zero-order valence-electron chi connectivity index (χ0n) is 9.03. The van der Waals surface area contributed by atoms with Crippen molar-refractivity contribution in [2.45, 2.75) is 6.42 Å². The van der Waals surface area contributed by atoms with E-state index in [1.165, 1.54) is 0 Å². The summed E-state index contributed by atoms with van der Waals surface area (Å²) in [5, 5.41) is 9.72. The molecule has 0 unspecified atom stereocenters. The smallest absolute Gasteiger partial charge is 0.352 e. The quantitative estimate of drug-likeness (QED) is 0.562. The van der Waals surface area contributed by atoms with E-state index in [1.807, 2.05) is 18.2 Å². The van der Waals surface area contributed by atoms with E-state index in [4.69, 9.17) is 5.11 Å². The van der Waals surface area contributed by atoms with Gasteiger partial charge in [-0.2, -0.15) is 12.6 Å². The van der Waals surface area contributed by atoms with Crippen molar-refractivity contribution in [3.63, 3.8) is 0 Å². The van der Waals surface area contributed by atoms with Crippen molar-refractivity contribution in [3.05, 3.63) is 35.5 Å². The van der Waals surface area contributed by atoms with Crippen LogP contribution in [-0.2, 0) is 0 Å². The first-order valence-corrected chi connectivity index (χ1v) is 5.80. The molecule has 0 radical (unpaired) electrons. The number of nitrogens with one attached hydrogen (secondary N) is 1. The number of carboxylic acids is 1. The first-order valence-electron chi connectivity index (χ1n) is 5.16. The standard InChI is InChI=1S/C13H11NO2S/c15-13(16)12-8-10-7-9(3-1-2-6-17)4-5-11(10)14-12/h4-5,7-8,14,17H,2,6H2,(H,15,16). The molecule has 17 heavy (non-hydrogen) atoms. The lowest BCUT2D eigenvalue weighted by atomic mass is 10.1. The molecule has 2 aromatic rings. The molecule has 86 valence electrons. The zero-order chi connectivity index (χ0) is 12.3. The van der Waals surface area contributed by atoms with Crippen LogP contribution in [0.2, 0.25) is 0 Å². The van der Waals surface area contributed by atoms with Crippen LogP contribution >= 0.6 is 12.6 Å². The van der Waals surface area contributed by atoms with Gasteiger partial charge in [-0.3, -0.25) is 0 Å². The summed E-state index contributed by atoms with van der Waals surface area (Å²) in [7, 11) is 0. The van der Waals surface area contributed by atoms with Gasteiger partial charge in [0.25, 0.3) is 0 Å². The molecule has 0 atom stereocenters. The summed E-state index contributed by atoms with van der Waals surface area (Å²) in [4.78, 5) is 13.6. The van der Waals surface area contributed by atoms with Crippen LogP contribution in [0.1, 0.15) is 22.5 Å². The molecule has 0 aliphatic carbocycles. The van der Waals surface area contributed by atoms with Crippen molar-refractivity contribution in [1.82, 2.24) is 4.98 Å². The topological polar surface area (TPSA) is 53.1 Å². The molecule has 0 amide bonds. The highest BCUT2D eigenvalue weighted by atomic mass is 32.1. The van der Waals surface area contributed by atoms with Gasteiger partial charge in [0.2, 0.25) is 0 Å². The van der Waals surface area contributed by atoms with Gasteiger partial charge in [0.05, 0.1) is 0 Å². The molecule has 1 aromatic carbocycles. The van der Waals surface area contributed by atoms with Crippen LogP contribution in [0.25, 0.3) is 10.9 Å². The third-order valence-corrected chi connectivity index (χ3v) is 2.54. The van der Waals surface area contributed by atoms with Crippen LogP contribution in [-0.4, -0.2) is 21.8 Å². The van der Waals surface area contributed by atoms with Crippen LogP contribution in [0.5, 0.6) is 0 Å². The maximum absolute atomic E-state index is 10.8. The van der Waals surface area contributed by atoms with Gasteiger partial charge >= 0.3 is 5.97 Å². The number of benzene rings is 1. The lowest BCUT2D eigenvalue weighted by Crippen LogP contribution is -1.94. The Kier molecular flexibility index (Phi) is 3.40. The van der Waals surface area contributed by atoms with Crippen LogP contribution in [0.15, 0.2) is 24.3 Å². The van der Waals surface area contributed by atoms with E-state index >= 15 is 0 Å². The highest BCUT2D eigenvalue weighted by molar-refractivity contribution is 7.80. The summed E-state index contributed by atoms with van der Waals surface area (Å²) in [6, 6.07) is 7.20. The molecular weight excluding hydrogens is 234 g/mol. The second-order valence-corrected chi connectivity index (χ2v) is 4.01. The van der Waals surface area contributed by atoms with E-state index in [0.29, 0.717) is 0 Å². The summed E-state index contributed by atoms with van der Waals surface area (Å²) in [5.74, 6) is 5.79. The number of hydrogen-bond donors (Lipinski definition) is 3. The Bertz CT molecular complexity index is 619. The molecule has 3 nitrogen and oxygen atoms in total. The lowest BCUT2D eigenvalue weighted by Gasteiger charge is -1.91. The van der Waals surface area contributed by atoms with Gasteiger partial charge in [-0.25, -0.2) is 4.79 Å². The molecule has 0 spiro atoms. The van der Waals surface area contributed by atoms with E-state index in [2.05, 4.69) is 29.5 Å². The summed E-state index contributed by atoms with van der Waals surface area (Å²) in [5.41, 5.74) is 1.89. The molecule has 0 fully saturated rings. The van der Waals surface area contributed by atoms with E-state index in [-0.39, 0.29) is 5.69 Å². The summed E-state index contributed by atoms with van der Waals surface area (Å²) < 4.78 is 0. The van der Waals surface area contributed by atoms with Crippen LogP contribution in [0.3, 0.4) is 0 Å². The molecular formula is C13H11NO2S. The van der Waals surface area contributed by atoms with Gasteiger partial charge in [-0.05, 0) is 24.3 Å². The number of hydrogen-bond acceptors (Lipinski definition) is 2. The first kappa shape index (κ1) is 11.6. The fourth-order valence-electron chi connectivity index (χ4n) is 1.55. The Hall–Kier alpha value is -1.86. The average Bonchev–Trinajstić information content (AvgIpc) is 2.72. The van der Waals surface area contributed by atoms with Gasteiger partial charge in [-0.1, -0.05) is 11.8 Å². The fraction of sp³-hybridized carbons (Fsp3) is 0.154. The number of aromatic carboxylic acids is 1. The van der Waals surface area contributed by atoms with Gasteiger partial charge < -0.3 is 10.1 Å². The highest BCUT2D eigenvalue weighted by Gasteiger charge is 2.06. The lowest BCUT2D eigenvalue weighted by molar-refractivity contribution is 0.0691. The van der Waals surface area contributed by atoms with Crippen LogP contribution < -0.4 is 0 Å². The predicted octanol–water partition coefficient (Wildman–Crippen LogP) is 2.54. The van der Waals surface area contributed by atoms with Crippen LogP contribution in [0.4, 0.5) is 0 Å². The van der Waals surface area contributed by atoms with Gasteiger partial charge in [0.1, 0.15) is 5.69 Å². The van der Waals surface area contributed by atoms with Crippen molar-refractivity contribution >= 4 is 29.5 Å². The first-order chi connectivity index (χ1) is 8.20. The number of carboxylic acid groups (broad SMARTS) is 1. The number of thiol groups is 1. The van der Waals surface area contributed by atoms with Crippen molar-refractivity contribution in [2.75, 3.05) is 5.75 Å². The van der Waals surface area contributed by atoms with E-state index in [1.54, 1.807) is 6.07 Å². The second kappa shape index (κ2) is 4.98. The Balaban J connectivity index is 2.37. The minimum absolute atomic E-state index is 0.195. The monoisotopic (exact) mass is 245 g/mol. The van der Waals surface area contributed by atoms with Crippen molar-refractivity contribution in [3.8, 4) is 11.8 Å².